The molecule has 1 heterocycles. The van der Waals surface area contributed by atoms with Crippen LogP contribution in [0.4, 0.5) is 0 Å². The van der Waals surface area contributed by atoms with Crippen LogP contribution in [-0.4, -0.2) is 30.9 Å². The van der Waals surface area contributed by atoms with Crippen LogP contribution in [0.2, 0.25) is 0 Å². The molecule has 21 heavy (non-hydrogen) atoms. The lowest BCUT2D eigenvalue weighted by molar-refractivity contribution is -0.123. The third kappa shape index (κ3) is 4.86. The topological polar surface area (TPSA) is 70.2 Å². The lowest BCUT2D eigenvalue weighted by Gasteiger charge is -2.19. The second-order valence-electron chi connectivity index (χ2n) is 5.63. The third-order valence-electron chi connectivity index (χ3n) is 3.67. The van der Waals surface area contributed by atoms with Crippen molar-refractivity contribution in [1.29, 1.82) is 0 Å². The molecule has 1 fully saturated rings. The zero-order valence-electron chi connectivity index (χ0n) is 12.6. The Bertz CT molecular complexity index is 493. The molecule has 1 saturated heterocycles. The summed E-state index contributed by atoms with van der Waals surface area (Å²) in [7, 11) is 0. The van der Waals surface area contributed by atoms with Gasteiger partial charge in [-0.2, -0.15) is 0 Å². The van der Waals surface area contributed by atoms with E-state index in [-0.39, 0.29) is 30.3 Å². The standard InChI is InChI=1S/C16H23N3O2/c1-11-3-5-13(6-4-11)15(18-12(2)20)9-16(21)19-14-7-8-17-10-14/h3-6,14-15,17H,7-10H2,1-2H3,(H,18,20)(H,19,21). The SMILES string of the molecule is CC(=O)NC(CC(=O)NC1CCNC1)c1ccc(C)cc1. The summed E-state index contributed by atoms with van der Waals surface area (Å²) in [6.45, 7) is 5.25. The van der Waals surface area contributed by atoms with E-state index in [1.807, 2.05) is 31.2 Å². The summed E-state index contributed by atoms with van der Waals surface area (Å²) < 4.78 is 0. The van der Waals surface area contributed by atoms with Crippen molar-refractivity contribution >= 4 is 11.8 Å². The largest absolute Gasteiger partial charge is 0.352 e. The molecule has 0 bridgehead atoms. The van der Waals surface area contributed by atoms with Crippen LogP contribution >= 0.6 is 0 Å². The second kappa shape index (κ2) is 7.22. The Morgan fingerprint density at radius 2 is 2.05 bits per heavy atom. The molecular formula is C16H23N3O2. The maximum Gasteiger partial charge on any atom is 0.222 e. The molecule has 1 aromatic carbocycles. The summed E-state index contributed by atoms with van der Waals surface area (Å²) in [6.07, 6.45) is 1.22. The first kappa shape index (κ1) is 15.5. The van der Waals surface area contributed by atoms with E-state index >= 15 is 0 Å². The summed E-state index contributed by atoms with van der Waals surface area (Å²) in [5, 5.41) is 9.08. The molecule has 1 aliphatic rings. The van der Waals surface area contributed by atoms with E-state index in [4.69, 9.17) is 0 Å². The molecule has 0 aliphatic carbocycles. The fourth-order valence-corrected chi connectivity index (χ4v) is 2.55. The summed E-state index contributed by atoms with van der Waals surface area (Å²) in [5.41, 5.74) is 2.11. The lowest BCUT2D eigenvalue weighted by atomic mass is 10.0. The first-order chi connectivity index (χ1) is 10.0. The molecule has 2 unspecified atom stereocenters. The number of benzene rings is 1. The second-order valence-corrected chi connectivity index (χ2v) is 5.63. The molecule has 2 amide bonds. The average Bonchev–Trinajstić information content (AvgIpc) is 2.91. The number of hydrogen-bond donors (Lipinski definition) is 3. The van der Waals surface area contributed by atoms with Crippen molar-refractivity contribution in [2.24, 2.45) is 0 Å². The van der Waals surface area contributed by atoms with Crippen LogP contribution in [0.5, 0.6) is 0 Å². The maximum atomic E-state index is 12.1. The van der Waals surface area contributed by atoms with Gasteiger partial charge in [0.15, 0.2) is 0 Å². The Morgan fingerprint density at radius 3 is 2.62 bits per heavy atom. The Morgan fingerprint density at radius 1 is 1.33 bits per heavy atom. The van der Waals surface area contributed by atoms with Gasteiger partial charge in [0, 0.05) is 19.5 Å². The normalized spacial score (nSPS) is 19.0. The number of carbonyl (C=O) groups excluding carboxylic acids is 2. The lowest BCUT2D eigenvalue weighted by Crippen LogP contribution is -2.39. The highest BCUT2D eigenvalue weighted by atomic mass is 16.2. The zero-order chi connectivity index (χ0) is 15.2. The first-order valence-electron chi connectivity index (χ1n) is 7.38. The Balaban J connectivity index is 1.99. The van der Waals surface area contributed by atoms with Gasteiger partial charge in [-0.05, 0) is 25.5 Å². The fraction of sp³-hybridized carbons (Fsp3) is 0.500. The van der Waals surface area contributed by atoms with Gasteiger partial charge in [-0.15, -0.1) is 0 Å². The molecule has 2 rings (SSSR count). The molecule has 0 spiro atoms. The molecule has 3 N–H and O–H groups in total. The first-order valence-corrected chi connectivity index (χ1v) is 7.38. The van der Waals surface area contributed by atoms with E-state index in [1.165, 1.54) is 6.92 Å². The molecule has 5 nitrogen and oxygen atoms in total. The summed E-state index contributed by atoms with van der Waals surface area (Å²) in [5.74, 6) is -0.154. The van der Waals surface area contributed by atoms with Crippen LogP contribution in [0, 0.1) is 6.92 Å². The van der Waals surface area contributed by atoms with Crippen molar-refractivity contribution in [3.05, 3.63) is 35.4 Å². The maximum absolute atomic E-state index is 12.1. The number of hydrogen-bond acceptors (Lipinski definition) is 3. The van der Waals surface area contributed by atoms with Crippen LogP contribution in [0.3, 0.4) is 0 Å². The van der Waals surface area contributed by atoms with Crippen molar-refractivity contribution in [3.63, 3.8) is 0 Å². The highest BCUT2D eigenvalue weighted by Gasteiger charge is 2.21. The van der Waals surface area contributed by atoms with Crippen molar-refractivity contribution in [2.45, 2.75) is 38.8 Å². The Labute approximate surface area is 125 Å². The van der Waals surface area contributed by atoms with Gasteiger partial charge in [0.2, 0.25) is 11.8 Å². The number of rotatable bonds is 5. The van der Waals surface area contributed by atoms with E-state index in [9.17, 15) is 9.59 Å². The highest BCUT2D eigenvalue weighted by Crippen LogP contribution is 2.18. The Kier molecular flexibility index (Phi) is 5.33. The van der Waals surface area contributed by atoms with E-state index in [1.54, 1.807) is 0 Å². The molecule has 0 saturated carbocycles. The molecular weight excluding hydrogens is 266 g/mol. The number of carbonyl (C=O) groups is 2. The van der Waals surface area contributed by atoms with Crippen LogP contribution < -0.4 is 16.0 Å². The van der Waals surface area contributed by atoms with Gasteiger partial charge in [0.05, 0.1) is 12.5 Å². The van der Waals surface area contributed by atoms with E-state index < -0.39 is 0 Å². The molecule has 1 aliphatic heterocycles. The number of aryl methyl sites for hydroxylation is 1. The number of nitrogens with one attached hydrogen (secondary N) is 3. The van der Waals surface area contributed by atoms with Crippen LogP contribution in [0.1, 0.15) is 36.9 Å². The number of amides is 2. The molecule has 1 aromatic rings. The zero-order valence-corrected chi connectivity index (χ0v) is 12.6. The van der Waals surface area contributed by atoms with Crippen LogP contribution in [0.25, 0.3) is 0 Å². The molecule has 0 radical (unpaired) electrons. The summed E-state index contributed by atoms with van der Waals surface area (Å²) in [4.78, 5) is 23.5. The summed E-state index contributed by atoms with van der Waals surface area (Å²) in [6, 6.07) is 7.82. The van der Waals surface area contributed by atoms with E-state index in [0.717, 1.165) is 30.6 Å². The third-order valence-corrected chi connectivity index (χ3v) is 3.67. The minimum atomic E-state index is -0.280. The van der Waals surface area contributed by atoms with Gasteiger partial charge >= 0.3 is 0 Å². The van der Waals surface area contributed by atoms with Gasteiger partial charge in [0.1, 0.15) is 0 Å². The molecule has 5 heteroatoms. The molecule has 2 atom stereocenters. The predicted molar refractivity (Wildman–Crippen MR) is 81.8 cm³/mol. The van der Waals surface area contributed by atoms with Gasteiger partial charge < -0.3 is 16.0 Å². The van der Waals surface area contributed by atoms with Gasteiger partial charge in [0.25, 0.3) is 0 Å². The van der Waals surface area contributed by atoms with Gasteiger partial charge in [-0.25, -0.2) is 0 Å². The molecule has 114 valence electrons. The molecule has 0 aromatic heterocycles. The van der Waals surface area contributed by atoms with Crippen molar-refractivity contribution in [2.75, 3.05) is 13.1 Å². The highest BCUT2D eigenvalue weighted by molar-refractivity contribution is 5.79. The minimum Gasteiger partial charge on any atom is -0.352 e. The van der Waals surface area contributed by atoms with Crippen LogP contribution in [0.15, 0.2) is 24.3 Å². The smallest absolute Gasteiger partial charge is 0.222 e. The van der Waals surface area contributed by atoms with Crippen molar-refractivity contribution in [1.82, 2.24) is 16.0 Å². The van der Waals surface area contributed by atoms with Crippen LogP contribution in [-0.2, 0) is 9.59 Å². The van der Waals surface area contributed by atoms with Gasteiger partial charge in [-0.3, -0.25) is 9.59 Å². The monoisotopic (exact) mass is 289 g/mol. The van der Waals surface area contributed by atoms with Crippen molar-refractivity contribution in [3.8, 4) is 0 Å². The minimum absolute atomic E-state index is 0.0250. The fourth-order valence-electron chi connectivity index (χ4n) is 2.55. The summed E-state index contributed by atoms with van der Waals surface area (Å²) >= 11 is 0. The van der Waals surface area contributed by atoms with E-state index in [2.05, 4.69) is 16.0 Å². The van der Waals surface area contributed by atoms with Crippen molar-refractivity contribution < 1.29 is 9.59 Å². The predicted octanol–water partition coefficient (Wildman–Crippen LogP) is 1.04. The Hall–Kier alpha value is -1.88. The average molecular weight is 289 g/mol. The van der Waals surface area contributed by atoms with E-state index in [0.29, 0.717) is 0 Å². The van der Waals surface area contributed by atoms with Gasteiger partial charge in [-0.1, -0.05) is 29.8 Å². The quantitative estimate of drug-likeness (QED) is 0.758.